The highest BCUT2D eigenvalue weighted by molar-refractivity contribution is 6.33. The van der Waals surface area contributed by atoms with Crippen molar-refractivity contribution in [3.05, 3.63) is 63.4 Å². The zero-order valence-electron chi connectivity index (χ0n) is 10.2. The Labute approximate surface area is 125 Å². The number of nitrogens with two attached hydrogens (primary N) is 1. The number of benzene rings is 2. The predicted molar refractivity (Wildman–Crippen MR) is 76.4 cm³/mol. The number of ether oxygens (including phenoxy) is 1. The van der Waals surface area contributed by atoms with Crippen molar-refractivity contribution in [2.45, 2.75) is 6.61 Å². The third-order valence-corrected chi connectivity index (χ3v) is 3.33. The summed E-state index contributed by atoms with van der Waals surface area (Å²) in [5.41, 5.74) is 6.27. The molecule has 0 aromatic heterocycles. The lowest BCUT2D eigenvalue weighted by Gasteiger charge is -2.08. The van der Waals surface area contributed by atoms with E-state index in [-0.39, 0.29) is 27.8 Å². The molecule has 0 heterocycles. The number of halogens is 3. The van der Waals surface area contributed by atoms with Crippen LogP contribution in [0.15, 0.2) is 36.4 Å². The van der Waals surface area contributed by atoms with Crippen molar-refractivity contribution >= 4 is 34.9 Å². The molecule has 20 heavy (non-hydrogen) atoms. The van der Waals surface area contributed by atoms with Gasteiger partial charge in [-0.15, -0.1) is 0 Å². The molecule has 0 atom stereocenters. The average Bonchev–Trinajstić information content (AvgIpc) is 2.41. The summed E-state index contributed by atoms with van der Waals surface area (Å²) in [6.07, 6.45) is 0. The number of esters is 1. The fourth-order valence-electron chi connectivity index (χ4n) is 1.55. The van der Waals surface area contributed by atoms with E-state index in [1.54, 1.807) is 0 Å². The Bertz CT molecular complexity index is 641. The first-order valence-corrected chi connectivity index (χ1v) is 6.39. The number of carbonyl (C=O) groups is 1. The first-order valence-electron chi connectivity index (χ1n) is 5.64. The highest BCUT2D eigenvalue weighted by atomic mass is 35.5. The van der Waals surface area contributed by atoms with Crippen LogP contribution in [0.25, 0.3) is 0 Å². The minimum atomic E-state index is -0.633. The Morgan fingerprint density at radius 3 is 2.60 bits per heavy atom. The maximum Gasteiger partial charge on any atom is 0.338 e. The maximum atomic E-state index is 13.5. The van der Waals surface area contributed by atoms with Gasteiger partial charge in [0.05, 0.1) is 21.3 Å². The van der Waals surface area contributed by atoms with Crippen molar-refractivity contribution in [3.63, 3.8) is 0 Å². The van der Waals surface area contributed by atoms with Gasteiger partial charge in [-0.25, -0.2) is 9.18 Å². The molecule has 2 aromatic carbocycles. The molecule has 0 aliphatic heterocycles. The van der Waals surface area contributed by atoms with E-state index in [0.29, 0.717) is 5.69 Å². The van der Waals surface area contributed by atoms with E-state index in [4.69, 9.17) is 33.7 Å². The molecular weight excluding hydrogens is 304 g/mol. The van der Waals surface area contributed by atoms with Crippen LogP contribution < -0.4 is 5.73 Å². The Kier molecular flexibility index (Phi) is 4.47. The van der Waals surface area contributed by atoms with Gasteiger partial charge in [-0.05, 0) is 30.3 Å². The molecule has 3 nitrogen and oxygen atoms in total. The Morgan fingerprint density at radius 2 is 1.95 bits per heavy atom. The lowest BCUT2D eigenvalue weighted by Crippen LogP contribution is -2.07. The van der Waals surface area contributed by atoms with Gasteiger partial charge in [-0.1, -0.05) is 29.3 Å². The summed E-state index contributed by atoms with van der Waals surface area (Å²) in [5.74, 6) is -1.16. The van der Waals surface area contributed by atoms with Crippen LogP contribution in [0.4, 0.5) is 10.1 Å². The molecule has 6 heteroatoms. The van der Waals surface area contributed by atoms with Crippen molar-refractivity contribution < 1.29 is 13.9 Å². The summed E-state index contributed by atoms with van der Waals surface area (Å²) in [6, 6.07) is 8.61. The van der Waals surface area contributed by atoms with Gasteiger partial charge in [0.25, 0.3) is 0 Å². The summed E-state index contributed by atoms with van der Waals surface area (Å²) in [6.45, 7) is -0.258. The average molecular weight is 314 g/mol. The first-order chi connectivity index (χ1) is 9.49. The van der Waals surface area contributed by atoms with E-state index in [9.17, 15) is 9.18 Å². The summed E-state index contributed by atoms with van der Waals surface area (Å²) in [4.78, 5) is 11.8. The number of carbonyl (C=O) groups excluding carboxylic acids is 1. The van der Waals surface area contributed by atoms with Crippen molar-refractivity contribution in [2.24, 2.45) is 0 Å². The third kappa shape index (κ3) is 3.21. The molecule has 2 rings (SSSR count). The number of hydrogen-bond donors (Lipinski definition) is 1. The lowest BCUT2D eigenvalue weighted by molar-refractivity contribution is 0.0469. The zero-order valence-corrected chi connectivity index (χ0v) is 11.7. The topological polar surface area (TPSA) is 52.3 Å². The summed E-state index contributed by atoms with van der Waals surface area (Å²) >= 11 is 11.6. The lowest BCUT2D eigenvalue weighted by atomic mass is 10.2. The monoisotopic (exact) mass is 313 g/mol. The van der Waals surface area contributed by atoms with Crippen LogP contribution >= 0.6 is 23.2 Å². The molecule has 0 aliphatic carbocycles. The van der Waals surface area contributed by atoms with Crippen molar-refractivity contribution in [3.8, 4) is 0 Å². The van der Waals surface area contributed by atoms with E-state index >= 15 is 0 Å². The molecule has 0 radical (unpaired) electrons. The second kappa shape index (κ2) is 6.11. The van der Waals surface area contributed by atoms with Crippen LogP contribution in [0.5, 0.6) is 0 Å². The molecule has 0 amide bonds. The molecular formula is C14H10Cl2FNO2. The van der Waals surface area contributed by atoms with E-state index in [1.807, 2.05) is 0 Å². The maximum absolute atomic E-state index is 13.5. The van der Waals surface area contributed by atoms with Gasteiger partial charge in [0.15, 0.2) is 0 Å². The van der Waals surface area contributed by atoms with Gasteiger partial charge in [-0.2, -0.15) is 0 Å². The largest absolute Gasteiger partial charge is 0.457 e. The van der Waals surface area contributed by atoms with Gasteiger partial charge in [0, 0.05) is 5.56 Å². The van der Waals surface area contributed by atoms with Gasteiger partial charge >= 0.3 is 5.97 Å². The molecule has 0 saturated carbocycles. The first kappa shape index (κ1) is 14.6. The smallest absolute Gasteiger partial charge is 0.338 e. The standard InChI is InChI=1S/C14H10Cl2FNO2/c15-10-2-1-3-12(17)9(10)7-20-14(19)8-4-5-13(18)11(16)6-8/h1-6H,7,18H2. The number of rotatable bonds is 3. The van der Waals surface area contributed by atoms with Gasteiger partial charge in [0.2, 0.25) is 0 Å². The minimum absolute atomic E-state index is 0.129. The molecule has 0 fully saturated rings. The molecule has 0 spiro atoms. The van der Waals surface area contributed by atoms with Gasteiger partial charge < -0.3 is 10.5 Å². The van der Waals surface area contributed by atoms with Crippen LogP contribution in [0.3, 0.4) is 0 Å². The Morgan fingerprint density at radius 1 is 1.20 bits per heavy atom. The van der Waals surface area contributed by atoms with Gasteiger partial charge in [-0.3, -0.25) is 0 Å². The fraction of sp³-hybridized carbons (Fsp3) is 0.0714. The zero-order chi connectivity index (χ0) is 14.7. The molecule has 0 bridgehead atoms. The summed E-state index contributed by atoms with van der Waals surface area (Å²) in [5, 5.41) is 0.455. The van der Waals surface area contributed by atoms with Crippen LogP contribution in [0, 0.1) is 5.82 Å². The second-order valence-corrected chi connectivity index (χ2v) is 4.83. The molecule has 0 unspecified atom stereocenters. The summed E-state index contributed by atoms with van der Waals surface area (Å²) < 4.78 is 18.5. The van der Waals surface area contributed by atoms with Gasteiger partial charge in [0.1, 0.15) is 12.4 Å². The minimum Gasteiger partial charge on any atom is -0.457 e. The number of hydrogen-bond acceptors (Lipinski definition) is 3. The van der Waals surface area contributed by atoms with E-state index in [1.165, 1.54) is 36.4 Å². The third-order valence-electron chi connectivity index (χ3n) is 2.65. The van der Waals surface area contributed by atoms with Crippen LogP contribution in [-0.4, -0.2) is 5.97 Å². The fourth-order valence-corrected chi connectivity index (χ4v) is 1.94. The molecule has 2 aromatic rings. The van der Waals surface area contributed by atoms with Crippen LogP contribution in [0.1, 0.15) is 15.9 Å². The molecule has 0 aliphatic rings. The van der Waals surface area contributed by atoms with Crippen LogP contribution in [0.2, 0.25) is 10.0 Å². The van der Waals surface area contributed by atoms with Crippen LogP contribution in [-0.2, 0) is 11.3 Å². The van der Waals surface area contributed by atoms with E-state index in [2.05, 4.69) is 0 Å². The Balaban J connectivity index is 2.11. The van der Waals surface area contributed by atoms with Crippen molar-refractivity contribution in [1.29, 1.82) is 0 Å². The SMILES string of the molecule is Nc1ccc(C(=O)OCc2c(F)cccc2Cl)cc1Cl. The summed E-state index contributed by atoms with van der Waals surface area (Å²) in [7, 11) is 0. The highest BCUT2D eigenvalue weighted by Crippen LogP contribution is 2.22. The van der Waals surface area contributed by atoms with Crippen molar-refractivity contribution in [1.82, 2.24) is 0 Å². The van der Waals surface area contributed by atoms with E-state index < -0.39 is 11.8 Å². The second-order valence-electron chi connectivity index (χ2n) is 4.01. The molecule has 104 valence electrons. The molecule has 0 saturated heterocycles. The predicted octanol–water partition coefficient (Wildman–Crippen LogP) is 4.07. The highest BCUT2D eigenvalue weighted by Gasteiger charge is 2.12. The quantitative estimate of drug-likeness (QED) is 0.686. The van der Waals surface area contributed by atoms with Crippen molar-refractivity contribution in [2.75, 3.05) is 5.73 Å². The number of nitrogen functional groups attached to an aromatic ring is 1. The molecule has 2 N–H and O–H groups in total. The van der Waals surface area contributed by atoms with E-state index in [0.717, 1.165) is 0 Å². The Hall–Kier alpha value is -1.78. The normalized spacial score (nSPS) is 10.3. The number of anilines is 1.